The lowest BCUT2D eigenvalue weighted by molar-refractivity contribution is 0.0309. The Morgan fingerprint density at radius 3 is 1.44 bits per heavy atom. The quantitative estimate of drug-likeness (QED) is 0.148. The molecule has 0 radical (unpaired) electrons. The number of benzene rings is 3. The highest BCUT2D eigenvalue weighted by molar-refractivity contribution is 5.95. The molecule has 41 heavy (non-hydrogen) atoms. The largest absolute Gasteiger partial charge is 0.478 e. The number of rotatable bonds is 15. The molecule has 0 heterocycles. The summed E-state index contributed by atoms with van der Waals surface area (Å²) in [5.41, 5.74) is 4.17. The molecule has 0 aliphatic carbocycles. The summed E-state index contributed by atoms with van der Waals surface area (Å²) >= 11 is 0. The highest BCUT2D eigenvalue weighted by Crippen LogP contribution is 2.34. The van der Waals surface area contributed by atoms with Gasteiger partial charge in [-0.05, 0) is 98.2 Å². The number of esters is 2. The molecule has 0 aliphatic heterocycles. The van der Waals surface area contributed by atoms with Crippen molar-refractivity contribution in [1.82, 2.24) is 0 Å². The third kappa shape index (κ3) is 9.31. The van der Waals surface area contributed by atoms with Gasteiger partial charge in [0.1, 0.15) is 0 Å². The van der Waals surface area contributed by atoms with Crippen molar-refractivity contribution in [2.24, 2.45) is 0 Å². The SMILES string of the molecule is CCCCC[C@@H](C)OC(=O)c1ccc(-c2ccc(C(=O)O)cc2-c2ccc(C(=O)O[C@H](C)CCCCC)cc2)cc1. The maximum Gasteiger partial charge on any atom is 0.338 e. The minimum Gasteiger partial charge on any atom is -0.478 e. The van der Waals surface area contributed by atoms with Gasteiger partial charge in [-0.2, -0.15) is 0 Å². The molecule has 0 aliphatic rings. The number of carbonyl (C=O) groups excluding carboxylic acids is 2. The van der Waals surface area contributed by atoms with Crippen LogP contribution in [0.1, 0.15) is 110 Å². The van der Waals surface area contributed by atoms with E-state index in [9.17, 15) is 19.5 Å². The van der Waals surface area contributed by atoms with Crippen LogP contribution in [0.4, 0.5) is 0 Å². The highest BCUT2D eigenvalue weighted by atomic mass is 16.5. The Kier molecular flexibility index (Phi) is 12.1. The number of carbonyl (C=O) groups is 3. The summed E-state index contributed by atoms with van der Waals surface area (Å²) in [7, 11) is 0. The molecule has 2 atom stereocenters. The Hall–Kier alpha value is -3.93. The Morgan fingerprint density at radius 2 is 1.02 bits per heavy atom. The number of carboxylic acid groups (broad SMARTS) is 1. The van der Waals surface area contributed by atoms with E-state index in [-0.39, 0.29) is 29.7 Å². The maximum atomic E-state index is 12.6. The Morgan fingerprint density at radius 1 is 0.610 bits per heavy atom. The molecule has 0 unspecified atom stereocenters. The van der Waals surface area contributed by atoms with Crippen molar-refractivity contribution in [2.45, 2.75) is 91.3 Å². The molecular weight excluding hydrogens is 516 g/mol. The topological polar surface area (TPSA) is 89.9 Å². The van der Waals surface area contributed by atoms with E-state index in [0.717, 1.165) is 68.1 Å². The lowest BCUT2D eigenvalue weighted by Crippen LogP contribution is -2.15. The molecule has 0 saturated heterocycles. The van der Waals surface area contributed by atoms with Gasteiger partial charge in [0.05, 0.1) is 28.9 Å². The van der Waals surface area contributed by atoms with E-state index in [1.54, 1.807) is 54.6 Å². The molecule has 0 amide bonds. The molecule has 6 nitrogen and oxygen atoms in total. The standard InChI is InChI=1S/C35H42O6/c1-5-7-9-11-24(3)40-34(38)28-17-13-26(14-18-28)31-22-21-30(33(36)37)23-32(31)27-15-19-29(20-16-27)35(39)41-25(4)12-10-8-6-2/h13-25H,5-12H2,1-4H3,(H,36,37)/t24-,25-/m1/s1. The van der Waals surface area contributed by atoms with E-state index in [1.165, 1.54) is 0 Å². The first-order valence-electron chi connectivity index (χ1n) is 14.7. The van der Waals surface area contributed by atoms with Crippen LogP contribution in [0.3, 0.4) is 0 Å². The molecule has 3 rings (SSSR count). The summed E-state index contributed by atoms with van der Waals surface area (Å²) in [6, 6.07) is 19.1. The molecule has 3 aromatic rings. The van der Waals surface area contributed by atoms with Gasteiger partial charge in [0.2, 0.25) is 0 Å². The molecule has 6 heteroatoms. The van der Waals surface area contributed by atoms with Crippen LogP contribution in [0.2, 0.25) is 0 Å². The van der Waals surface area contributed by atoms with E-state index in [1.807, 2.05) is 26.0 Å². The zero-order valence-electron chi connectivity index (χ0n) is 24.7. The predicted molar refractivity (Wildman–Crippen MR) is 162 cm³/mol. The van der Waals surface area contributed by atoms with Gasteiger partial charge in [0.15, 0.2) is 0 Å². The van der Waals surface area contributed by atoms with Gasteiger partial charge in [-0.15, -0.1) is 0 Å². The minimum atomic E-state index is -1.03. The summed E-state index contributed by atoms with van der Waals surface area (Å²) in [6.45, 7) is 8.10. The van der Waals surface area contributed by atoms with Gasteiger partial charge in [-0.1, -0.05) is 69.9 Å². The zero-order chi connectivity index (χ0) is 29.8. The van der Waals surface area contributed by atoms with Crippen molar-refractivity contribution in [1.29, 1.82) is 0 Å². The van der Waals surface area contributed by atoms with Crippen LogP contribution in [0.5, 0.6) is 0 Å². The van der Waals surface area contributed by atoms with Crippen LogP contribution in [0.15, 0.2) is 66.7 Å². The fourth-order valence-corrected chi connectivity index (χ4v) is 4.72. The van der Waals surface area contributed by atoms with E-state index in [4.69, 9.17) is 9.47 Å². The average molecular weight is 559 g/mol. The van der Waals surface area contributed by atoms with Crippen molar-refractivity contribution in [3.05, 3.63) is 83.4 Å². The minimum absolute atomic E-state index is 0.145. The number of hydrogen-bond acceptors (Lipinski definition) is 5. The van der Waals surface area contributed by atoms with E-state index >= 15 is 0 Å². The van der Waals surface area contributed by atoms with Crippen molar-refractivity contribution in [3.63, 3.8) is 0 Å². The van der Waals surface area contributed by atoms with Gasteiger partial charge in [0, 0.05) is 0 Å². The predicted octanol–water partition coefficient (Wildman–Crippen LogP) is 8.97. The Labute approximate surface area is 243 Å². The maximum absolute atomic E-state index is 12.6. The number of aromatic carboxylic acids is 1. The third-order valence-electron chi connectivity index (χ3n) is 7.17. The molecule has 0 bridgehead atoms. The fraction of sp³-hybridized carbons (Fsp3) is 0.400. The molecule has 1 N–H and O–H groups in total. The third-order valence-corrected chi connectivity index (χ3v) is 7.17. The second kappa shape index (κ2) is 15.8. The van der Waals surface area contributed by atoms with Crippen molar-refractivity contribution in [2.75, 3.05) is 0 Å². The van der Waals surface area contributed by atoms with Crippen LogP contribution in [0.25, 0.3) is 22.3 Å². The first-order valence-corrected chi connectivity index (χ1v) is 14.7. The molecule has 0 fully saturated rings. The van der Waals surface area contributed by atoms with Crippen LogP contribution in [-0.2, 0) is 9.47 Å². The smallest absolute Gasteiger partial charge is 0.338 e. The van der Waals surface area contributed by atoms with Gasteiger partial charge in [0.25, 0.3) is 0 Å². The first kappa shape index (κ1) is 31.6. The molecule has 218 valence electrons. The van der Waals surface area contributed by atoms with Gasteiger partial charge >= 0.3 is 17.9 Å². The van der Waals surface area contributed by atoms with Gasteiger partial charge in [-0.3, -0.25) is 0 Å². The van der Waals surface area contributed by atoms with E-state index < -0.39 is 5.97 Å². The average Bonchev–Trinajstić information content (AvgIpc) is 2.97. The summed E-state index contributed by atoms with van der Waals surface area (Å²) in [5.74, 6) is -1.76. The van der Waals surface area contributed by atoms with Crippen LogP contribution >= 0.6 is 0 Å². The second-order valence-corrected chi connectivity index (χ2v) is 10.6. The summed E-state index contributed by atoms with van der Waals surface area (Å²) in [5, 5.41) is 9.62. The first-order chi connectivity index (χ1) is 19.7. The molecule has 0 aromatic heterocycles. The molecule has 0 spiro atoms. The van der Waals surface area contributed by atoms with Gasteiger partial charge < -0.3 is 14.6 Å². The lowest BCUT2D eigenvalue weighted by Gasteiger charge is -2.15. The number of hydrogen-bond donors (Lipinski definition) is 1. The Bertz CT molecular complexity index is 1290. The van der Waals surface area contributed by atoms with Crippen molar-refractivity contribution < 1.29 is 29.0 Å². The summed E-state index contributed by atoms with van der Waals surface area (Å²) in [6.07, 6.45) is 7.87. The number of ether oxygens (including phenoxy) is 2. The van der Waals surface area contributed by atoms with Crippen LogP contribution < -0.4 is 0 Å². The van der Waals surface area contributed by atoms with E-state index in [0.29, 0.717) is 16.7 Å². The zero-order valence-corrected chi connectivity index (χ0v) is 24.7. The van der Waals surface area contributed by atoms with E-state index in [2.05, 4.69) is 13.8 Å². The number of unbranched alkanes of at least 4 members (excludes halogenated alkanes) is 4. The van der Waals surface area contributed by atoms with Crippen molar-refractivity contribution >= 4 is 17.9 Å². The van der Waals surface area contributed by atoms with Gasteiger partial charge in [-0.25, -0.2) is 14.4 Å². The Balaban J connectivity index is 1.80. The van der Waals surface area contributed by atoms with Crippen LogP contribution in [0, 0.1) is 0 Å². The lowest BCUT2D eigenvalue weighted by atomic mass is 9.92. The summed E-state index contributed by atoms with van der Waals surface area (Å²) < 4.78 is 11.2. The molecule has 3 aromatic carbocycles. The molecular formula is C35H42O6. The van der Waals surface area contributed by atoms with Crippen molar-refractivity contribution in [3.8, 4) is 22.3 Å². The normalized spacial score (nSPS) is 12.4. The second-order valence-electron chi connectivity index (χ2n) is 10.6. The number of carboxylic acids is 1. The van der Waals surface area contributed by atoms with Crippen LogP contribution in [-0.4, -0.2) is 35.2 Å². The highest BCUT2D eigenvalue weighted by Gasteiger charge is 2.17. The summed E-state index contributed by atoms with van der Waals surface area (Å²) in [4.78, 5) is 37.0. The molecule has 0 saturated carbocycles. The fourth-order valence-electron chi connectivity index (χ4n) is 4.72. The monoisotopic (exact) mass is 558 g/mol.